The van der Waals surface area contributed by atoms with Crippen molar-refractivity contribution in [2.45, 2.75) is 130 Å². The molecule has 2 saturated heterocycles. The van der Waals surface area contributed by atoms with Crippen molar-refractivity contribution in [2.24, 2.45) is 0 Å². The molecular formula is C29H51N5. The molecule has 5 heteroatoms. The van der Waals surface area contributed by atoms with E-state index in [0.29, 0.717) is 11.1 Å². The second-order valence-corrected chi connectivity index (χ2v) is 12.6. The van der Waals surface area contributed by atoms with Gasteiger partial charge in [0.2, 0.25) is 0 Å². The SMILES string of the molecule is Cc1ccn(CC[C@@H]2CCCN2C(C)(C)C)c1.Cc1cn(CC[C@H]2CCCN2C(C)(C)C)cn1. The summed E-state index contributed by atoms with van der Waals surface area (Å²) in [5, 5.41) is 0. The molecule has 0 radical (unpaired) electrons. The molecule has 192 valence electrons. The van der Waals surface area contributed by atoms with Gasteiger partial charge in [0.1, 0.15) is 0 Å². The smallest absolute Gasteiger partial charge is 0.0949 e. The highest BCUT2D eigenvalue weighted by Crippen LogP contribution is 2.29. The van der Waals surface area contributed by atoms with Crippen LogP contribution in [0.4, 0.5) is 0 Å². The molecular weight excluding hydrogens is 418 g/mol. The fourth-order valence-corrected chi connectivity index (χ4v) is 5.93. The van der Waals surface area contributed by atoms with Crippen LogP contribution in [0, 0.1) is 13.8 Å². The van der Waals surface area contributed by atoms with Gasteiger partial charge in [-0.15, -0.1) is 0 Å². The lowest BCUT2D eigenvalue weighted by molar-refractivity contribution is 0.113. The summed E-state index contributed by atoms with van der Waals surface area (Å²) in [7, 11) is 0. The van der Waals surface area contributed by atoms with Crippen LogP contribution in [0.3, 0.4) is 0 Å². The van der Waals surface area contributed by atoms with E-state index in [1.54, 1.807) is 0 Å². The Kier molecular flexibility index (Phi) is 9.08. The molecule has 2 aliphatic heterocycles. The van der Waals surface area contributed by atoms with Crippen LogP contribution in [-0.4, -0.2) is 60.2 Å². The van der Waals surface area contributed by atoms with Gasteiger partial charge in [-0.3, -0.25) is 9.80 Å². The first-order valence-electron chi connectivity index (χ1n) is 13.6. The predicted molar refractivity (Wildman–Crippen MR) is 144 cm³/mol. The molecule has 0 aromatic carbocycles. The average Bonchev–Trinajstić information content (AvgIpc) is 3.51. The molecule has 4 heterocycles. The Balaban J connectivity index is 0.000000191. The molecule has 2 aromatic rings. The van der Waals surface area contributed by atoms with Gasteiger partial charge < -0.3 is 9.13 Å². The second kappa shape index (κ2) is 11.4. The minimum absolute atomic E-state index is 0.312. The van der Waals surface area contributed by atoms with E-state index in [0.717, 1.165) is 30.9 Å². The Hall–Kier alpha value is -1.59. The van der Waals surface area contributed by atoms with Gasteiger partial charge in [0, 0.05) is 54.8 Å². The van der Waals surface area contributed by atoms with E-state index < -0.39 is 0 Å². The van der Waals surface area contributed by atoms with Crippen molar-refractivity contribution in [1.29, 1.82) is 0 Å². The van der Waals surface area contributed by atoms with Crippen molar-refractivity contribution in [2.75, 3.05) is 13.1 Å². The number of hydrogen-bond acceptors (Lipinski definition) is 3. The second-order valence-electron chi connectivity index (χ2n) is 12.6. The number of likely N-dealkylation sites (tertiary alicyclic amines) is 2. The summed E-state index contributed by atoms with van der Waals surface area (Å²) in [6, 6.07) is 3.71. The van der Waals surface area contributed by atoms with Crippen LogP contribution in [0.5, 0.6) is 0 Å². The van der Waals surface area contributed by atoms with Crippen molar-refractivity contribution in [3.8, 4) is 0 Å². The molecule has 34 heavy (non-hydrogen) atoms. The molecule has 0 spiro atoms. The van der Waals surface area contributed by atoms with Gasteiger partial charge in [0.15, 0.2) is 0 Å². The van der Waals surface area contributed by atoms with E-state index in [4.69, 9.17) is 0 Å². The third kappa shape index (κ3) is 7.71. The zero-order valence-electron chi connectivity index (χ0n) is 23.3. The summed E-state index contributed by atoms with van der Waals surface area (Å²) in [5.41, 5.74) is 3.12. The number of imidazole rings is 1. The zero-order valence-corrected chi connectivity index (χ0v) is 23.3. The maximum atomic E-state index is 4.28. The molecule has 2 fully saturated rings. The molecule has 0 amide bonds. The maximum absolute atomic E-state index is 4.28. The molecule has 0 saturated carbocycles. The number of aryl methyl sites for hydroxylation is 4. The molecule has 5 nitrogen and oxygen atoms in total. The minimum atomic E-state index is 0.312. The maximum Gasteiger partial charge on any atom is 0.0949 e. The largest absolute Gasteiger partial charge is 0.354 e. The fourth-order valence-electron chi connectivity index (χ4n) is 5.93. The third-order valence-electron chi connectivity index (χ3n) is 7.58. The first kappa shape index (κ1) is 27.0. The molecule has 2 atom stereocenters. The number of nitrogens with zero attached hydrogens (tertiary/aromatic N) is 5. The summed E-state index contributed by atoms with van der Waals surface area (Å²) in [4.78, 5) is 9.63. The summed E-state index contributed by atoms with van der Waals surface area (Å²) in [6.07, 6.45) is 16.5. The zero-order chi connectivity index (χ0) is 24.9. The lowest BCUT2D eigenvalue weighted by Gasteiger charge is -2.37. The Morgan fingerprint density at radius 2 is 1.32 bits per heavy atom. The van der Waals surface area contributed by atoms with Crippen LogP contribution >= 0.6 is 0 Å². The number of rotatable bonds is 6. The predicted octanol–water partition coefficient (Wildman–Crippen LogP) is 6.29. The first-order chi connectivity index (χ1) is 15.9. The summed E-state index contributed by atoms with van der Waals surface area (Å²) >= 11 is 0. The van der Waals surface area contributed by atoms with E-state index in [1.807, 2.05) is 13.3 Å². The first-order valence-corrected chi connectivity index (χ1v) is 13.6. The molecule has 4 rings (SSSR count). The molecule has 2 aromatic heterocycles. The molecule has 0 unspecified atom stereocenters. The van der Waals surface area contributed by atoms with E-state index >= 15 is 0 Å². The van der Waals surface area contributed by atoms with Crippen LogP contribution in [0.25, 0.3) is 0 Å². The quantitative estimate of drug-likeness (QED) is 0.497. The number of hydrogen-bond donors (Lipinski definition) is 0. The van der Waals surface area contributed by atoms with Gasteiger partial charge in [-0.25, -0.2) is 4.98 Å². The van der Waals surface area contributed by atoms with Crippen LogP contribution in [0.1, 0.15) is 91.3 Å². The molecule has 0 aliphatic carbocycles. The van der Waals surface area contributed by atoms with Crippen molar-refractivity contribution in [3.63, 3.8) is 0 Å². The van der Waals surface area contributed by atoms with Gasteiger partial charge in [-0.1, -0.05) is 0 Å². The lowest BCUT2D eigenvalue weighted by Crippen LogP contribution is -2.44. The van der Waals surface area contributed by atoms with Gasteiger partial charge >= 0.3 is 0 Å². The van der Waals surface area contributed by atoms with E-state index in [9.17, 15) is 0 Å². The molecule has 0 bridgehead atoms. The Bertz CT molecular complexity index is 793. The highest BCUT2D eigenvalue weighted by molar-refractivity contribution is 5.07. The van der Waals surface area contributed by atoms with Crippen molar-refractivity contribution >= 4 is 0 Å². The van der Waals surface area contributed by atoms with Gasteiger partial charge in [-0.05, 0) is 119 Å². The monoisotopic (exact) mass is 469 g/mol. The average molecular weight is 470 g/mol. The van der Waals surface area contributed by atoms with E-state index in [-0.39, 0.29) is 0 Å². The third-order valence-corrected chi connectivity index (χ3v) is 7.58. The Morgan fingerprint density at radius 3 is 1.74 bits per heavy atom. The standard InChI is InChI=1S/C15H26N2.C14H25N3/c1-13-7-10-16(12-13)11-8-14-6-5-9-17(14)15(2,3)4;1-12-10-16(11-15-12)9-7-13-6-5-8-17(13)14(2,3)4/h7,10,12,14H,5-6,8-9,11H2,1-4H3;10-11,13H,5-9H2,1-4H3/t14-;13-/m01/s1. The van der Waals surface area contributed by atoms with Crippen LogP contribution in [0.2, 0.25) is 0 Å². The Morgan fingerprint density at radius 1 is 0.794 bits per heavy atom. The number of aromatic nitrogens is 3. The summed E-state index contributed by atoms with van der Waals surface area (Å²) < 4.78 is 4.54. The van der Waals surface area contributed by atoms with Gasteiger partial charge in [0.05, 0.1) is 12.0 Å². The highest BCUT2D eigenvalue weighted by Gasteiger charge is 2.33. The lowest BCUT2D eigenvalue weighted by atomic mass is 10.0. The van der Waals surface area contributed by atoms with E-state index in [2.05, 4.69) is 97.0 Å². The van der Waals surface area contributed by atoms with Gasteiger partial charge in [0.25, 0.3) is 0 Å². The van der Waals surface area contributed by atoms with Crippen LogP contribution in [-0.2, 0) is 13.1 Å². The van der Waals surface area contributed by atoms with Crippen molar-refractivity contribution in [1.82, 2.24) is 23.9 Å². The van der Waals surface area contributed by atoms with Crippen molar-refractivity contribution < 1.29 is 0 Å². The van der Waals surface area contributed by atoms with Crippen molar-refractivity contribution in [3.05, 3.63) is 42.2 Å². The fraction of sp³-hybridized carbons (Fsp3) is 0.759. The van der Waals surface area contributed by atoms with Crippen LogP contribution < -0.4 is 0 Å². The summed E-state index contributed by atoms with van der Waals surface area (Å²) in [6.45, 7) is 23.0. The molecule has 0 N–H and O–H groups in total. The Labute approximate surface area is 209 Å². The highest BCUT2D eigenvalue weighted by atomic mass is 15.2. The van der Waals surface area contributed by atoms with E-state index in [1.165, 1.54) is 57.2 Å². The molecule has 2 aliphatic rings. The normalized spacial score (nSPS) is 22.2. The summed E-state index contributed by atoms with van der Waals surface area (Å²) in [5.74, 6) is 0. The van der Waals surface area contributed by atoms with Crippen LogP contribution in [0.15, 0.2) is 31.0 Å². The van der Waals surface area contributed by atoms with Gasteiger partial charge in [-0.2, -0.15) is 0 Å². The minimum Gasteiger partial charge on any atom is -0.354 e. The topological polar surface area (TPSA) is 29.2 Å².